The maximum Gasteiger partial charge on any atom is 0.325 e. The summed E-state index contributed by atoms with van der Waals surface area (Å²) in [6.07, 6.45) is 0.899. The number of aliphatic carboxylic acids is 1. The average molecular weight is 207 g/mol. The summed E-state index contributed by atoms with van der Waals surface area (Å²) >= 11 is 0. The van der Waals surface area contributed by atoms with Crippen LogP contribution < -0.4 is 5.32 Å². The molecule has 0 heterocycles. The highest BCUT2D eigenvalue weighted by atomic mass is 16.4. The first kappa shape index (κ1) is 11.6. The molecule has 2 N–H and O–H groups in total. The molecule has 1 rings (SSSR count). The minimum absolute atomic E-state index is 0.559. The van der Waals surface area contributed by atoms with Gasteiger partial charge in [-0.1, -0.05) is 25.1 Å². The highest BCUT2D eigenvalue weighted by Gasteiger charge is 2.13. The van der Waals surface area contributed by atoms with E-state index in [9.17, 15) is 4.79 Å². The van der Waals surface area contributed by atoms with E-state index in [-0.39, 0.29) is 0 Å². The Labute approximate surface area is 90.1 Å². The Morgan fingerprint density at radius 3 is 2.73 bits per heavy atom. The predicted octanol–water partition coefficient (Wildman–Crippen LogP) is 2.44. The molecule has 1 aromatic rings. The van der Waals surface area contributed by atoms with Gasteiger partial charge in [-0.25, -0.2) is 0 Å². The molecule has 0 aliphatic heterocycles. The lowest BCUT2D eigenvalue weighted by Gasteiger charge is -2.16. The first-order valence-corrected chi connectivity index (χ1v) is 5.14. The van der Waals surface area contributed by atoms with Crippen molar-refractivity contribution in [2.45, 2.75) is 33.2 Å². The zero-order valence-electron chi connectivity index (χ0n) is 9.37. The van der Waals surface area contributed by atoms with Crippen molar-refractivity contribution in [1.82, 2.24) is 0 Å². The molecule has 1 aromatic carbocycles. The van der Waals surface area contributed by atoms with Gasteiger partial charge in [-0.15, -0.1) is 0 Å². The minimum atomic E-state index is -0.833. The van der Waals surface area contributed by atoms with Gasteiger partial charge in [0.15, 0.2) is 0 Å². The van der Waals surface area contributed by atoms with Gasteiger partial charge in [0.1, 0.15) is 6.04 Å². The Balaban J connectivity index is 2.97. The number of benzene rings is 1. The molecule has 0 bridgehead atoms. The Morgan fingerprint density at radius 2 is 2.20 bits per heavy atom. The Kier molecular flexibility index (Phi) is 3.72. The maximum absolute atomic E-state index is 10.8. The summed E-state index contributed by atoms with van der Waals surface area (Å²) in [6.45, 7) is 5.69. The maximum atomic E-state index is 10.8. The molecular formula is C12H17NO2. The Morgan fingerprint density at radius 1 is 1.53 bits per heavy atom. The molecule has 0 aliphatic rings. The van der Waals surface area contributed by atoms with E-state index in [1.54, 1.807) is 6.92 Å². The monoisotopic (exact) mass is 207 g/mol. The third-order valence-corrected chi connectivity index (χ3v) is 2.47. The molecule has 82 valence electrons. The molecular weight excluding hydrogens is 190 g/mol. The lowest BCUT2D eigenvalue weighted by molar-refractivity contribution is -0.137. The normalized spacial score (nSPS) is 12.2. The van der Waals surface area contributed by atoms with Gasteiger partial charge in [0.2, 0.25) is 0 Å². The SMILES string of the molecule is CCc1cccc(C)c1NC(C)C(=O)O. The number of carboxylic acids is 1. The molecule has 0 amide bonds. The van der Waals surface area contributed by atoms with Crippen molar-refractivity contribution in [1.29, 1.82) is 0 Å². The van der Waals surface area contributed by atoms with E-state index in [0.29, 0.717) is 0 Å². The van der Waals surface area contributed by atoms with Crippen LogP contribution in [0, 0.1) is 6.92 Å². The second kappa shape index (κ2) is 4.82. The number of hydrogen-bond donors (Lipinski definition) is 2. The van der Waals surface area contributed by atoms with Crippen LogP contribution in [0.1, 0.15) is 25.0 Å². The van der Waals surface area contributed by atoms with E-state index in [4.69, 9.17) is 5.11 Å². The van der Waals surface area contributed by atoms with Gasteiger partial charge in [0.05, 0.1) is 0 Å². The van der Waals surface area contributed by atoms with E-state index in [0.717, 1.165) is 23.2 Å². The fraction of sp³-hybridized carbons (Fsp3) is 0.417. The third-order valence-electron chi connectivity index (χ3n) is 2.47. The number of carboxylic acid groups (broad SMARTS) is 1. The largest absolute Gasteiger partial charge is 0.480 e. The van der Waals surface area contributed by atoms with E-state index >= 15 is 0 Å². The average Bonchev–Trinajstić information content (AvgIpc) is 2.20. The van der Waals surface area contributed by atoms with Crippen LogP contribution in [0.5, 0.6) is 0 Å². The number of para-hydroxylation sites is 1. The number of hydrogen-bond acceptors (Lipinski definition) is 2. The molecule has 0 saturated carbocycles. The van der Waals surface area contributed by atoms with Crippen molar-refractivity contribution < 1.29 is 9.90 Å². The fourth-order valence-corrected chi connectivity index (χ4v) is 1.51. The molecule has 0 aliphatic carbocycles. The van der Waals surface area contributed by atoms with Crippen molar-refractivity contribution >= 4 is 11.7 Å². The molecule has 0 radical (unpaired) electrons. The van der Waals surface area contributed by atoms with Crippen molar-refractivity contribution in [3.05, 3.63) is 29.3 Å². The molecule has 0 fully saturated rings. The summed E-state index contributed by atoms with van der Waals surface area (Å²) in [7, 11) is 0. The predicted molar refractivity (Wildman–Crippen MR) is 61.3 cm³/mol. The number of aryl methyl sites for hydroxylation is 2. The summed E-state index contributed by atoms with van der Waals surface area (Å²) < 4.78 is 0. The molecule has 3 heteroatoms. The van der Waals surface area contributed by atoms with Crippen LogP contribution in [-0.2, 0) is 11.2 Å². The van der Waals surface area contributed by atoms with Crippen molar-refractivity contribution in [3.63, 3.8) is 0 Å². The van der Waals surface area contributed by atoms with E-state index in [1.165, 1.54) is 0 Å². The molecule has 0 aromatic heterocycles. The summed E-state index contributed by atoms with van der Waals surface area (Å²) in [5.41, 5.74) is 3.19. The lowest BCUT2D eigenvalue weighted by atomic mass is 10.1. The number of rotatable bonds is 4. The van der Waals surface area contributed by atoms with Crippen LogP contribution in [0.3, 0.4) is 0 Å². The quantitative estimate of drug-likeness (QED) is 0.797. The van der Waals surface area contributed by atoms with Gasteiger partial charge in [0.25, 0.3) is 0 Å². The van der Waals surface area contributed by atoms with Crippen LogP contribution in [0.15, 0.2) is 18.2 Å². The summed E-state index contributed by atoms with van der Waals surface area (Å²) in [4.78, 5) is 10.8. The second-order valence-corrected chi connectivity index (χ2v) is 3.67. The van der Waals surface area contributed by atoms with Gasteiger partial charge in [0, 0.05) is 5.69 Å². The molecule has 15 heavy (non-hydrogen) atoms. The van der Waals surface area contributed by atoms with Crippen molar-refractivity contribution in [3.8, 4) is 0 Å². The van der Waals surface area contributed by atoms with Gasteiger partial charge in [-0.2, -0.15) is 0 Å². The van der Waals surface area contributed by atoms with Crippen LogP contribution in [0.4, 0.5) is 5.69 Å². The summed E-state index contributed by atoms with van der Waals surface area (Å²) in [5, 5.41) is 11.9. The third kappa shape index (κ3) is 2.72. The number of carbonyl (C=O) groups is 1. The van der Waals surface area contributed by atoms with Crippen molar-refractivity contribution in [2.75, 3.05) is 5.32 Å². The topological polar surface area (TPSA) is 49.3 Å². The zero-order chi connectivity index (χ0) is 11.4. The van der Waals surface area contributed by atoms with E-state index < -0.39 is 12.0 Å². The molecule has 0 spiro atoms. The number of anilines is 1. The lowest BCUT2D eigenvalue weighted by Crippen LogP contribution is -2.26. The second-order valence-electron chi connectivity index (χ2n) is 3.67. The van der Waals surface area contributed by atoms with Crippen LogP contribution >= 0.6 is 0 Å². The first-order chi connectivity index (χ1) is 7.06. The molecule has 1 unspecified atom stereocenters. The molecule has 1 atom stereocenters. The zero-order valence-corrected chi connectivity index (χ0v) is 9.37. The van der Waals surface area contributed by atoms with Crippen LogP contribution in [0.25, 0.3) is 0 Å². The Hall–Kier alpha value is -1.51. The minimum Gasteiger partial charge on any atom is -0.480 e. The smallest absolute Gasteiger partial charge is 0.325 e. The highest BCUT2D eigenvalue weighted by Crippen LogP contribution is 2.21. The van der Waals surface area contributed by atoms with E-state index in [2.05, 4.69) is 12.2 Å². The summed E-state index contributed by atoms with van der Waals surface area (Å²) in [6, 6.07) is 5.43. The van der Waals surface area contributed by atoms with Crippen LogP contribution in [0.2, 0.25) is 0 Å². The highest BCUT2D eigenvalue weighted by molar-refractivity contribution is 5.77. The van der Waals surface area contributed by atoms with Gasteiger partial charge < -0.3 is 10.4 Å². The first-order valence-electron chi connectivity index (χ1n) is 5.14. The van der Waals surface area contributed by atoms with Crippen molar-refractivity contribution in [2.24, 2.45) is 0 Å². The van der Waals surface area contributed by atoms with E-state index in [1.807, 2.05) is 25.1 Å². The van der Waals surface area contributed by atoms with Gasteiger partial charge >= 0.3 is 5.97 Å². The molecule has 3 nitrogen and oxygen atoms in total. The van der Waals surface area contributed by atoms with Crippen LogP contribution in [-0.4, -0.2) is 17.1 Å². The molecule has 0 saturated heterocycles. The standard InChI is InChI=1S/C12H17NO2/c1-4-10-7-5-6-8(2)11(10)13-9(3)12(14)15/h5-7,9,13H,4H2,1-3H3,(H,14,15). The Bertz CT molecular complexity index is 361. The van der Waals surface area contributed by atoms with Gasteiger partial charge in [-0.3, -0.25) is 4.79 Å². The number of nitrogens with one attached hydrogen (secondary N) is 1. The van der Waals surface area contributed by atoms with Gasteiger partial charge in [-0.05, 0) is 31.4 Å². The summed E-state index contributed by atoms with van der Waals surface area (Å²) in [5.74, 6) is -0.833. The fourth-order valence-electron chi connectivity index (χ4n) is 1.51.